The maximum absolute atomic E-state index is 12.6. The number of esters is 1. The lowest BCUT2D eigenvalue weighted by Gasteiger charge is -2.07. The second kappa shape index (κ2) is 5.07. The number of halogens is 3. The molecule has 16 heavy (non-hydrogen) atoms. The van der Waals surface area contributed by atoms with Gasteiger partial charge in [0.25, 0.3) is 12.0 Å². The summed E-state index contributed by atoms with van der Waals surface area (Å²) in [5, 5.41) is -0.400. The summed E-state index contributed by atoms with van der Waals surface area (Å²) in [5.74, 6) is -1.01. The number of carbonyl (C=O) groups is 1. The zero-order valence-electron chi connectivity index (χ0n) is 8.22. The van der Waals surface area contributed by atoms with Gasteiger partial charge in [-0.25, -0.2) is 13.6 Å². The predicted octanol–water partition coefficient (Wildman–Crippen LogP) is 2.14. The Morgan fingerprint density at radius 3 is 2.75 bits per heavy atom. The van der Waals surface area contributed by atoms with Crippen LogP contribution in [0.1, 0.15) is 29.4 Å². The number of nitrogens with one attached hydrogen (secondary N) is 1. The van der Waals surface area contributed by atoms with Crippen LogP contribution in [0, 0.1) is 0 Å². The molecule has 0 unspecified atom stereocenters. The van der Waals surface area contributed by atoms with E-state index in [0.29, 0.717) is 0 Å². The Hall–Kier alpha value is -1.43. The number of aromatic amines is 1. The minimum atomic E-state index is -2.92. The van der Waals surface area contributed by atoms with Crippen molar-refractivity contribution in [2.45, 2.75) is 13.3 Å². The molecule has 0 radical (unpaired) electrons. The molecule has 0 aliphatic rings. The number of aromatic nitrogens is 1. The number of H-pyrrole nitrogens is 1. The van der Waals surface area contributed by atoms with E-state index in [2.05, 4.69) is 4.74 Å². The van der Waals surface area contributed by atoms with E-state index in [4.69, 9.17) is 11.6 Å². The summed E-state index contributed by atoms with van der Waals surface area (Å²) in [6, 6.07) is 0.761. The van der Waals surface area contributed by atoms with Gasteiger partial charge >= 0.3 is 5.97 Å². The van der Waals surface area contributed by atoms with E-state index in [1.807, 2.05) is 4.98 Å². The molecule has 1 rings (SSSR count). The number of alkyl halides is 2. The molecule has 0 saturated carbocycles. The fourth-order valence-electron chi connectivity index (χ4n) is 1.06. The Morgan fingerprint density at radius 2 is 2.25 bits per heavy atom. The number of rotatable bonds is 3. The Bertz CT molecular complexity index is 459. The Morgan fingerprint density at radius 1 is 1.62 bits per heavy atom. The third-order valence-electron chi connectivity index (χ3n) is 1.74. The van der Waals surface area contributed by atoms with Gasteiger partial charge in [-0.2, -0.15) is 0 Å². The van der Waals surface area contributed by atoms with E-state index < -0.39 is 34.2 Å². The van der Waals surface area contributed by atoms with E-state index in [1.54, 1.807) is 0 Å². The quantitative estimate of drug-likeness (QED) is 0.838. The highest BCUT2D eigenvalue weighted by Gasteiger charge is 2.21. The van der Waals surface area contributed by atoms with Crippen LogP contribution >= 0.6 is 11.6 Å². The van der Waals surface area contributed by atoms with Crippen LogP contribution in [0.3, 0.4) is 0 Å². The minimum Gasteiger partial charge on any atom is -0.461 e. The summed E-state index contributed by atoms with van der Waals surface area (Å²) in [5.41, 5.74) is -2.02. The summed E-state index contributed by atoms with van der Waals surface area (Å²) < 4.78 is 29.6. The average Bonchev–Trinajstić information content (AvgIpc) is 2.21. The number of ether oxygens (including phenoxy) is 1. The second-order valence-electron chi connectivity index (χ2n) is 2.80. The van der Waals surface area contributed by atoms with Gasteiger partial charge in [-0.1, -0.05) is 11.6 Å². The molecule has 1 heterocycles. The molecule has 0 aliphatic heterocycles. The van der Waals surface area contributed by atoms with Gasteiger partial charge in [-0.3, -0.25) is 4.79 Å². The minimum absolute atomic E-state index is 0.0200. The topological polar surface area (TPSA) is 59.2 Å². The fraction of sp³-hybridized carbons (Fsp3) is 0.333. The first-order valence-electron chi connectivity index (χ1n) is 4.35. The van der Waals surface area contributed by atoms with Crippen LogP contribution in [0.4, 0.5) is 8.78 Å². The molecule has 88 valence electrons. The largest absolute Gasteiger partial charge is 0.461 e. The highest BCUT2D eigenvalue weighted by molar-refractivity contribution is 6.30. The molecule has 0 aliphatic carbocycles. The molecular weight excluding hydrogens is 244 g/mol. The Balaban J connectivity index is 3.30. The number of pyridine rings is 1. The Labute approximate surface area is 94.2 Å². The normalized spacial score (nSPS) is 10.6. The third kappa shape index (κ3) is 2.57. The molecule has 0 aromatic carbocycles. The van der Waals surface area contributed by atoms with Gasteiger partial charge in [0.05, 0.1) is 12.2 Å². The molecule has 0 fully saturated rings. The van der Waals surface area contributed by atoms with Crippen LogP contribution < -0.4 is 5.56 Å². The van der Waals surface area contributed by atoms with Gasteiger partial charge in [-0.15, -0.1) is 0 Å². The van der Waals surface area contributed by atoms with E-state index in [1.165, 1.54) is 6.92 Å². The van der Waals surface area contributed by atoms with Crippen LogP contribution in [0.5, 0.6) is 0 Å². The zero-order valence-corrected chi connectivity index (χ0v) is 8.98. The van der Waals surface area contributed by atoms with Crippen LogP contribution in [0.15, 0.2) is 10.9 Å². The van der Waals surface area contributed by atoms with Crippen molar-refractivity contribution in [2.24, 2.45) is 0 Å². The van der Waals surface area contributed by atoms with Crippen molar-refractivity contribution in [3.63, 3.8) is 0 Å². The standard InChI is InChI=1S/C9H8ClF2NO3/c1-2-16-9(15)6-4(7(11)12)3-5(10)8(14)13-6/h3,7H,2H2,1H3,(H,13,14). The van der Waals surface area contributed by atoms with Crippen LogP contribution in [-0.2, 0) is 4.74 Å². The van der Waals surface area contributed by atoms with Crippen molar-refractivity contribution in [1.29, 1.82) is 0 Å². The van der Waals surface area contributed by atoms with Crippen molar-refractivity contribution < 1.29 is 18.3 Å². The maximum Gasteiger partial charge on any atom is 0.355 e. The first kappa shape index (κ1) is 12.6. The highest BCUT2D eigenvalue weighted by Crippen LogP contribution is 2.23. The first-order chi connectivity index (χ1) is 7.47. The predicted molar refractivity (Wildman–Crippen MR) is 53.0 cm³/mol. The van der Waals surface area contributed by atoms with Crippen molar-refractivity contribution in [3.8, 4) is 0 Å². The van der Waals surface area contributed by atoms with Crippen LogP contribution in [0.25, 0.3) is 0 Å². The Kier molecular flexibility index (Phi) is 4.00. The molecule has 0 atom stereocenters. The summed E-state index contributed by atoms with van der Waals surface area (Å²) in [6.45, 7) is 1.54. The van der Waals surface area contributed by atoms with E-state index in [9.17, 15) is 18.4 Å². The lowest BCUT2D eigenvalue weighted by atomic mass is 10.2. The summed E-state index contributed by atoms with van der Waals surface area (Å²) in [6.07, 6.45) is -2.92. The molecule has 1 aromatic heterocycles. The molecule has 0 bridgehead atoms. The first-order valence-corrected chi connectivity index (χ1v) is 4.73. The smallest absolute Gasteiger partial charge is 0.355 e. The van der Waals surface area contributed by atoms with Gasteiger partial charge < -0.3 is 9.72 Å². The molecule has 7 heteroatoms. The maximum atomic E-state index is 12.6. The lowest BCUT2D eigenvalue weighted by molar-refractivity contribution is 0.0507. The summed E-state index contributed by atoms with van der Waals surface area (Å²) >= 11 is 5.38. The van der Waals surface area contributed by atoms with E-state index >= 15 is 0 Å². The van der Waals surface area contributed by atoms with Crippen molar-refractivity contribution in [1.82, 2.24) is 4.98 Å². The molecule has 4 nitrogen and oxygen atoms in total. The van der Waals surface area contributed by atoms with Gasteiger partial charge in [0.1, 0.15) is 10.7 Å². The fourth-order valence-corrected chi connectivity index (χ4v) is 1.23. The lowest BCUT2D eigenvalue weighted by Crippen LogP contribution is -2.18. The molecule has 0 amide bonds. The zero-order chi connectivity index (χ0) is 12.3. The van der Waals surface area contributed by atoms with Crippen LogP contribution in [0.2, 0.25) is 5.02 Å². The number of hydrogen-bond acceptors (Lipinski definition) is 3. The molecule has 1 N–H and O–H groups in total. The molecular formula is C9H8ClF2NO3. The summed E-state index contributed by atoms with van der Waals surface area (Å²) in [7, 11) is 0. The molecule has 0 spiro atoms. The third-order valence-corrected chi connectivity index (χ3v) is 2.02. The van der Waals surface area contributed by atoms with Gasteiger partial charge in [0.15, 0.2) is 0 Å². The SMILES string of the molecule is CCOC(=O)c1[nH]c(=O)c(Cl)cc1C(F)F. The van der Waals surface area contributed by atoms with Crippen molar-refractivity contribution in [2.75, 3.05) is 6.61 Å². The van der Waals surface area contributed by atoms with Gasteiger partial charge in [0.2, 0.25) is 0 Å². The molecule has 0 saturated heterocycles. The monoisotopic (exact) mass is 251 g/mol. The van der Waals surface area contributed by atoms with Gasteiger partial charge in [-0.05, 0) is 13.0 Å². The van der Waals surface area contributed by atoms with E-state index in [0.717, 1.165) is 6.07 Å². The highest BCUT2D eigenvalue weighted by atomic mass is 35.5. The second-order valence-corrected chi connectivity index (χ2v) is 3.21. The number of carbonyl (C=O) groups excluding carboxylic acids is 1. The van der Waals surface area contributed by atoms with Gasteiger partial charge in [0, 0.05) is 0 Å². The van der Waals surface area contributed by atoms with Crippen molar-refractivity contribution >= 4 is 17.6 Å². The average molecular weight is 252 g/mol. The van der Waals surface area contributed by atoms with E-state index in [-0.39, 0.29) is 6.61 Å². The number of hydrogen-bond donors (Lipinski definition) is 1. The molecule has 1 aromatic rings. The van der Waals surface area contributed by atoms with Crippen molar-refractivity contribution in [3.05, 3.63) is 32.7 Å². The van der Waals surface area contributed by atoms with Crippen LogP contribution in [-0.4, -0.2) is 17.6 Å². The summed E-state index contributed by atoms with van der Waals surface area (Å²) in [4.78, 5) is 24.3.